The predicted octanol–water partition coefficient (Wildman–Crippen LogP) is 2.46. The fourth-order valence-corrected chi connectivity index (χ4v) is 1.60. The number of aromatic amines is 1. The molecule has 0 spiro atoms. The van der Waals surface area contributed by atoms with E-state index in [1.807, 2.05) is 13.0 Å². The smallest absolute Gasteiger partial charge is 0.233 e. The summed E-state index contributed by atoms with van der Waals surface area (Å²) < 4.78 is 13.3. The molecule has 4 heteroatoms. The van der Waals surface area contributed by atoms with Gasteiger partial charge in [0.25, 0.3) is 0 Å². The molecule has 1 aromatic heterocycles. The van der Waals surface area contributed by atoms with Crippen molar-refractivity contribution in [3.05, 3.63) is 46.4 Å². The van der Waals surface area contributed by atoms with Crippen LogP contribution in [0.15, 0.2) is 18.2 Å². The highest BCUT2D eigenvalue weighted by Crippen LogP contribution is 2.21. The Morgan fingerprint density at radius 3 is 2.69 bits per heavy atom. The molecular weight excluding hydrogens is 207 g/mol. The zero-order chi connectivity index (χ0) is 11.7. The third kappa shape index (κ3) is 1.91. The molecule has 3 nitrogen and oxygen atoms in total. The molecule has 0 aliphatic rings. The van der Waals surface area contributed by atoms with E-state index in [1.165, 1.54) is 6.07 Å². The molecular formula is C12H13FN2O. The van der Waals surface area contributed by atoms with E-state index in [0.717, 1.165) is 11.3 Å². The van der Waals surface area contributed by atoms with Gasteiger partial charge in [0, 0.05) is 17.7 Å². The van der Waals surface area contributed by atoms with Crippen molar-refractivity contribution < 1.29 is 9.50 Å². The maximum Gasteiger partial charge on any atom is 0.233 e. The minimum absolute atomic E-state index is 0.0153. The molecule has 0 saturated heterocycles. The van der Waals surface area contributed by atoms with E-state index in [1.54, 1.807) is 13.0 Å². The number of aromatic nitrogens is 2. The second-order valence-electron chi connectivity index (χ2n) is 3.91. The van der Waals surface area contributed by atoms with Crippen molar-refractivity contribution >= 4 is 0 Å². The van der Waals surface area contributed by atoms with Gasteiger partial charge in [-0.3, -0.25) is 5.10 Å². The summed E-state index contributed by atoms with van der Waals surface area (Å²) in [5.74, 6) is -0.239. The zero-order valence-electron chi connectivity index (χ0n) is 9.21. The topological polar surface area (TPSA) is 48.9 Å². The van der Waals surface area contributed by atoms with Gasteiger partial charge in [0.05, 0.1) is 0 Å². The molecule has 84 valence electrons. The van der Waals surface area contributed by atoms with Gasteiger partial charge in [0.2, 0.25) is 5.88 Å². The minimum atomic E-state index is -0.224. The lowest BCUT2D eigenvalue weighted by molar-refractivity contribution is 0.447. The summed E-state index contributed by atoms with van der Waals surface area (Å²) in [6.45, 7) is 3.55. The summed E-state index contributed by atoms with van der Waals surface area (Å²) in [7, 11) is 0. The summed E-state index contributed by atoms with van der Waals surface area (Å²) in [6.07, 6.45) is 0.478. The van der Waals surface area contributed by atoms with Crippen molar-refractivity contribution in [1.82, 2.24) is 10.2 Å². The van der Waals surface area contributed by atoms with Crippen LogP contribution < -0.4 is 0 Å². The fourth-order valence-electron chi connectivity index (χ4n) is 1.60. The molecule has 1 aromatic carbocycles. The molecule has 0 unspecified atom stereocenters. The molecule has 0 bridgehead atoms. The summed E-state index contributed by atoms with van der Waals surface area (Å²) in [6, 6.07) is 5.07. The maximum atomic E-state index is 13.3. The largest absolute Gasteiger partial charge is 0.492 e. The highest BCUT2D eigenvalue weighted by molar-refractivity contribution is 5.35. The summed E-state index contributed by atoms with van der Waals surface area (Å²) >= 11 is 0. The van der Waals surface area contributed by atoms with E-state index in [2.05, 4.69) is 10.2 Å². The number of aromatic hydroxyl groups is 1. The molecule has 0 fully saturated rings. The van der Waals surface area contributed by atoms with Gasteiger partial charge in [-0.1, -0.05) is 12.1 Å². The van der Waals surface area contributed by atoms with E-state index < -0.39 is 0 Å². The molecule has 0 atom stereocenters. The van der Waals surface area contributed by atoms with Crippen LogP contribution in [0.1, 0.15) is 22.4 Å². The molecule has 0 amide bonds. The number of H-pyrrole nitrogens is 1. The molecule has 0 radical (unpaired) electrons. The Morgan fingerprint density at radius 2 is 2.12 bits per heavy atom. The monoisotopic (exact) mass is 220 g/mol. The molecule has 1 heterocycles. The van der Waals surface area contributed by atoms with Crippen LogP contribution in [-0.4, -0.2) is 15.3 Å². The first-order valence-electron chi connectivity index (χ1n) is 5.05. The Morgan fingerprint density at radius 1 is 1.38 bits per heavy atom. The van der Waals surface area contributed by atoms with Crippen molar-refractivity contribution in [3.8, 4) is 5.88 Å². The first kappa shape index (κ1) is 10.7. The molecule has 16 heavy (non-hydrogen) atoms. The summed E-state index contributed by atoms with van der Waals surface area (Å²) in [4.78, 5) is 0. The lowest BCUT2D eigenvalue weighted by atomic mass is 10.0. The number of nitrogens with zero attached hydrogens (tertiary/aromatic N) is 1. The molecule has 0 aliphatic heterocycles. The van der Waals surface area contributed by atoms with Gasteiger partial charge in [-0.05, 0) is 31.0 Å². The summed E-state index contributed by atoms with van der Waals surface area (Å²) in [5, 5.41) is 15.9. The lowest BCUT2D eigenvalue weighted by Gasteiger charge is -2.03. The van der Waals surface area contributed by atoms with Gasteiger partial charge >= 0.3 is 0 Å². The molecule has 0 aliphatic carbocycles. The minimum Gasteiger partial charge on any atom is -0.492 e. The van der Waals surface area contributed by atoms with E-state index in [9.17, 15) is 9.50 Å². The van der Waals surface area contributed by atoms with Crippen LogP contribution in [-0.2, 0) is 6.42 Å². The summed E-state index contributed by atoms with van der Waals surface area (Å²) in [5.41, 5.74) is 2.96. The van der Waals surface area contributed by atoms with Crippen LogP contribution in [0.3, 0.4) is 0 Å². The number of aryl methyl sites for hydroxylation is 2. The SMILES string of the molecule is Cc1ccc(Cc2c(O)n[nH]c2C)cc1F. The quantitative estimate of drug-likeness (QED) is 0.816. The molecule has 2 aromatic rings. The number of hydrogen-bond donors (Lipinski definition) is 2. The number of hydrogen-bond acceptors (Lipinski definition) is 2. The highest BCUT2D eigenvalue weighted by atomic mass is 19.1. The van der Waals surface area contributed by atoms with Crippen LogP contribution in [0.4, 0.5) is 4.39 Å². The Kier molecular flexibility index (Phi) is 2.64. The van der Waals surface area contributed by atoms with E-state index >= 15 is 0 Å². The van der Waals surface area contributed by atoms with Crippen LogP contribution >= 0.6 is 0 Å². The van der Waals surface area contributed by atoms with Crippen molar-refractivity contribution in [2.24, 2.45) is 0 Å². The zero-order valence-corrected chi connectivity index (χ0v) is 9.21. The van der Waals surface area contributed by atoms with E-state index in [0.29, 0.717) is 17.5 Å². The first-order chi connectivity index (χ1) is 7.58. The van der Waals surface area contributed by atoms with Gasteiger partial charge in [-0.2, -0.15) is 0 Å². The lowest BCUT2D eigenvalue weighted by Crippen LogP contribution is -1.92. The average Bonchev–Trinajstić information content (AvgIpc) is 2.55. The van der Waals surface area contributed by atoms with Gasteiger partial charge in [-0.15, -0.1) is 5.10 Å². The fraction of sp³-hybridized carbons (Fsp3) is 0.250. The van der Waals surface area contributed by atoms with Gasteiger partial charge in [-0.25, -0.2) is 4.39 Å². The van der Waals surface area contributed by atoms with Gasteiger partial charge in [0.1, 0.15) is 5.82 Å². The third-order valence-corrected chi connectivity index (χ3v) is 2.67. The Hall–Kier alpha value is -1.84. The third-order valence-electron chi connectivity index (χ3n) is 2.67. The number of benzene rings is 1. The second-order valence-corrected chi connectivity index (χ2v) is 3.91. The van der Waals surface area contributed by atoms with Gasteiger partial charge in [0.15, 0.2) is 0 Å². The first-order valence-corrected chi connectivity index (χ1v) is 5.05. The second kappa shape index (κ2) is 3.96. The van der Waals surface area contributed by atoms with Crippen LogP contribution in [0.25, 0.3) is 0 Å². The average molecular weight is 220 g/mol. The number of nitrogens with one attached hydrogen (secondary N) is 1. The highest BCUT2D eigenvalue weighted by Gasteiger charge is 2.10. The Bertz CT molecular complexity index is 500. The number of halogens is 1. The normalized spacial score (nSPS) is 10.7. The van der Waals surface area contributed by atoms with Crippen LogP contribution in [0.2, 0.25) is 0 Å². The standard InChI is InChI=1S/C12H13FN2O/c1-7-3-4-9(6-11(7)13)5-10-8(2)14-15-12(10)16/h3-4,6H,5H2,1-2H3,(H2,14,15,16). The predicted molar refractivity (Wildman–Crippen MR) is 58.9 cm³/mol. The number of rotatable bonds is 2. The molecule has 2 N–H and O–H groups in total. The van der Waals surface area contributed by atoms with E-state index in [-0.39, 0.29) is 11.7 Å². The Labute approximate surface area is 92.9 Å². The molecule has 2 rings (SSSR count). The van der Waals surface area contributed by atoms with Crippen LogP contribution in [0.5, 0.6) is 5.88 Å². The Balaban J connectivity index is 2.31. The van der Waals surface area contributed by atoms with Crippen molar-refractivity contribution in [1.29, 1.82) is 0 Å². The van der Waals surface area contributed by atoms with E-state index in [4.69, 9.17) is 0 Å². The van der Waals surface area contributed by atoms with Gasteiger partial charge < -0.3 is 5.11 Å². The van der Waals surface area contributed by atoms with Crippen molar-refractivity contribution in [3.63, 3.8) is 0 Å². The van der Waals surface area contributed by atoms with Crippen molar-refractivity contribution in [2.75, 3.05) is 0 Å². The molecule has 0 saturated carbocycles. The van der Waals surface area contributed by atoms with Crippen molar-refractivity contribution in [2.45, 2.75) is 20.3 Å². The van der Waals surface area contributed by atoms with Crippen LogP contribution in [0, 0.1) is 19.7 Å². The maximum absolute atomic E-state index is 13.3.